The molecule has 3 aromatic rings. The van der Waals surface area contributed by atoms with Gasteiger partial charge in [0.25, 0.3) is 0 Å². The van der Waals surface area contributed by atoms with E-state index in [9.17, 15) is 10.2 Å². The molecule has 0 radical (unpaired) electrons. The Morgan fingerprint density at radius 3 is 2.38 bits per heavy atom. The van der Waals surface area contributed by atoms with Crippen LogP contribution >= 0.6 is 0 Å². The van der Waals surface area contributed by atoms with Gasteiger partial charge in [0.15, 0.2) is 0 Å². The van der Waals surface area contributed by atoms with Crippen LogP contribution in [-0.4, -0.2) is 56.0 Å². The Balaban J connectivity index is 1.97. The summed E-state index contributed by atoms with van der Waals surface area (Å²) in [5.41, 5.74) is 0.971. The van der Waals surface area contributed by atoms with Crippen LogP contribution in [0.25, 0.3) is 17.3 Å². The van der Waals surface area contributed by atoms with Crippen LogP contribution in [0.15, 0.2) is 55.0 Å². The van der Waals surface area contributed by atoms with Crippen molar-refractivity contribution >= 4 is 5.82 Å². The predicted octanol–water partition coefficient (Wildman–Crippen LogP) is 1.12. The highest BCUT2D eigenvalue weighted by Gasteiger charge is 2.12. The van der Waals surface area contributed by atoms with E-state index in [0.29, 0.717) is 24.9 Å². The Bertz CT molecular complexity index is 769. The lowest BCUT2D eigenvalue weighted by Gasteiger charge is -2.22. The molecule has 0 saturated carbocycles. The number of aliphatic hydroxyl groups excluding tert-OH is 2. The number of anilines is 1. The summed E-state index contributed by atoms with van der Waals surface area (Å²) in [6.45, 7) is 0.762. The Labute approximate surface area is 139 Å². The van der Waals surface area contributed by atoms with Crippen molar-refractivity contribution < 1.29 is 10.2 Å². The second kappa shape index (κ2) is 7.67. The maximum atomic E-state index is 9.19. The van der Waals surface area contributed by atoms with E-state index in [1.54, 1.807) is 18.5 Å². The van der Waals surface area contributed by atoms with E-state index < -0.39 is 0 Å². The van der Waals surface area contributed by atoms with Crippen molar-refractivity contribution in [3.63, 3.8) is 0 Å². The molecule has 0 spiro atoms. The zero-order valence-corrected chi connectivity index (χ0v) is 13.2. The molecule has 0 bridgehead atoms. The van der Waals surface area contributed by atoms with Crippen LogP contribution in [0.2, 0.25) is 0 Å². The van der Waals surface area contributed by atoms with Gasteiger partial charge >= 0.3 is 0 Å². The highest BCUT2D eigenvalue weighted by molar-refractivity contribution is 5.57. The molecular weight excluding hydrogens is 306 g/mol. The standard InChI is InChI=1S/C17H19N5O2/c23-12-10-21(11-13-24)15-6-7-19-17(20-15)22-9-8-18-16(22)14-4-2-1-3-5-14/h1-9,23-24H,10-13H2. The average Bonchev–Trinajstić information content (AvgIpc) is 3.12. The Kier molecular flexibility index (Phi) is 5.15. The van der Waals surface area contributed by atoms with Crippen LogP contribution in [0.3, 0.4) is 0 Å². The fraction of sp³-hybridized carbons (Fsp3) is 0.235. The number of aliphatic hydroxyl groups is 2. The van der Waals surface area contributed by atoms with E-state index in [1.165, 1.54) is 0 Å². The molecule has 0 unspecified atom stereocenters. The van der Waals surface area contributed by atoms with Crippen molar-refractivity contribution in [2.45, 2.75) is 0 Å². The summed E-state index contributed by atoms with van der Waals surface area (Å²) in [5, 5.41) is 18.4. The fourth-order valence-electron chi connectivity index (χ4n) is 2.48. The maximum Gasteiger partial charge on any atom is 0.237 e. The third kappa shape index (κ3) is 3.42. The van der Waals surface area contributed by atoms with Crippen molar-refractivity contribution in [2.75, 3.05) is 31.2 Å². The third-order valence-corrected chi connectivity index (χ3v) is 3.58. The number of nitrogens with zero attached hydrogens (tertiary/aromatic N) is 5. The zero-order chi connectivity index (χ0) is 16.8. The van der Waals surface area contributed by atoms with Crippen LogP contribution in [-0.2, 0) is 0 Å². The maximum absolute atomic E-state index is 9.19. The molecule has 7 heteroatoms. The van der Waals surface area contributed by atoms with Gasteiger partial charge in [0.1, 0.15) is 11.6 Å². The lowest BCUT2D eigenvalue weighted by molar-refractivity contribution is 0.280. The minimum atomic E-state index is -0.0142. The minimum Gasteiger partial charge on any atom is -0.395 e. The van der Waals surface area contributed by atoms with E-state index >= 15 is 0 Å². The monoisotopic (exact) mass is 325 g/mol. The largest absolute Gasteiger partial charge is 0.395 e. The van der Waals surface area contributed by atoms with Gasteiger partial charge in [-0.2, -0.15) is 4.98 Å². The van der Waals surface area contributed by atoms with Gasteiger partial charge in [-0.1, -0.05) is 30.3 Å². The molecule has 7 nitrogen and oxygen atoms in total. The predicted molar refractivity (Wildman–Crippen MR) is 91.0 cm³/mol. The summed E-state index contributed by atoms with van der Waals surface area (Å²) >= 11 is 0. The van der Waals surface area contributed by atoms with Crippen LogP contribution in [0.4, 0.5) is 5.82 Å². The zero-order valence-electron chi connectivity index (χ0n) is 13.2. The lowest BCUT2D eigenvalue weighted by atomic mass is 10.2. The van der Waals surface area contributed by atoms with E-state index in [1.807, 2.05) is 46.0 Å². The smallest absolute Gasteiger partial charge is 0.237 e. The van der Waals surface area contributed by atoms with Crippen molar-refractivity contribution in [1.82, 2.24) is 19.5 Å². The van der Waals surface area contributed by atoms with Crippen LogP contribution in [0, 0.1) is 0 Å². The third-order valence-electron chi connectivity index (χ3n) is 3.58. The van der Waals surface area contributed by atoms with E-state index in [2.05, 4.69) is 15.0 Å². The van der Waals surface area contributed by atoms with E-state index in [0.717, 1.165) is 11.4 Å². The number of benzene rings is 1. The van der Waals surface area contributed by atoms with E-state index in [4.69, 9.17) is 0 Å². The molecule has 2 aromatic heterocycles. The molecule has 0 amide bonds. The molecule has 3 rings (SSSR count). The number of hydrogen-bond donors (Lipinski definition) is 2. The van der Waals surface area contributed by atoms with Crippen molar-refractivity contribution in [3.05, 3.63) is 55.0 Å². The summed E-state index contributed by atoms with van der Waals surface area (Å²) in [7, 11) is 0. The molecule has 2 N–H and O–H groups in total. The highest BCUT2D eigenvalue weighted by atomic mass is 16.3. The van der Waals surface area contributed by atoms with Gasteiger partial charge < -0.3 is 15.1 Å². The van der Waals surface area contributed by atoms with Gasteiger partial charge in [0, 0.05) is 37.2 Å². The summed E-state index contributed by atoms with van der Waals surface area (Å²) < 4.78 is 1.81. The average molecular weight is 325 g/mol. The molecule has 0 aliphatic heterocycles. The molecule has 0 fully saturated rings. The van der Waals surface area contributed by atoms with Crippen LogP contribution < -0.4 is 4.90 Å². The van der Waals surface area contributed by atoms with Crippen molar-refractivity contribution in [2.24, 2.45) is 0 Å². The number of imidazole rings is 1. The summed E-state index contributed by atoms with van der Waals surface area (Å²) in [5.74, 6) is 1.89. The molecular formula is C17H19N5O2. The van der Waals surface area contributed by atoms with Crippen molar-refractivity contribution in [3.8, 4) is 17.3 Å². The first kappa shape index (κ1) is 16.1. The molecule has 24 heavy (non-hydrogen) atoms. The quantitative estimate of drug-likeness (QED) is 0.677. The van der Waals surface area contributed by atoms with Gasteiger partial charge in [-0.3, -0.25) is 4.57 Å². The normalized spacial score (nSPS) is 10.8. The molecule has 0 atom stereocenters. The molecule has 0 aliphatic carbocycles. The number of hydrogen-bond acceptors (Lipinski definition) is 6. The van der Waals surface area contributed by atoms with Crippen LogP contribution in [0.5, 0.6) is 0 Å². The van der Waals surface area contributed by atoms with Gasteiger partial charge in [0.05, 0.1) is 13.2 Å². The minimum absolute atomic E-state index is 0.0142. The molecule has 124 valence electrons. The summed E-state index contributed by atoms with van der Waals surface area (Å²) in [6, 6.07) is 11.6. The second-order valence-electron chi connectivity index (χ2n) is 5.14. The molecule has 0 saturated heterocycles. The first-order valence-electron chi connectivity index (χ1n) is 7.72. The van der Waals surface area contributed by atoms with Gasteiger partial charge in [0.2, 0.25) is 5.95 Å². The summed E-state index contributed by atoms with van der Waals surface area (Å²) in [6.07, 6.45) is 5.18. The summed E-state index contributed by atoms with van der Waals surface area (Å²) in [4.78, 5) is 15.1. The Morgan fingerprint density at radius 2 is 1.67 bits per heavy atom. The molecule has 2 heterocycles. The highest BCUT2D eigenvalue weighted by Crippen LogP contribution is 2.20. The Hall–Kier alpha value is -2.77. The Morgan fingerprint density at radius 1 is 0.917 bits per heavy atom. The SMILES string of the molecule is OCCN(CCO)c1ccnc(-n2ccnc2-c2ccccc2)n1. The second-order valence-corrected chi connectivity index (χ2v) is 5.14. The van der Waals surface area contributed by atoms with Gasteiger partial charge in [-0.05, 0) is 6.07 Å². The van der Waals surface area contributed by atoms with Crippen molar-refractivity contribution in [1.29, 1.82) is 0 Å². The first-order valence-corrected chi connectivity index (χ1v) is 7.72. The van der Waals surface area contributed by atoms with Crippen LogP contribution in [0.1, 0.15) is 0 Å². The number of aromatic nitrogens is 4. The molecule has 0 aliphatic rings. The van der Waals surface area contributed by atoms with Gasteiger partial charge in [-0.15, -0.1) is 0 Å². The fourth-order valence-corrected chi connectivity index (χ4v) is 2.48. The van der Waals surface area contributed by atoms with Gasteiger partial charge in [-0.25, -0.2) is 9.97 Å². The first-order chi connectivity index (χ1) is 11.8. The lowest BCUT2D eigenvalue weighted by Crippen LogP contribution is -2.30. The van der Waals surface area contributed by atoms with E-state index in [-0.39, 0.29) is 13.2 Å². The molecule has 1 aromatic carbocycles. The topological polar surface area (TPSA) is 87.3 Å². The number of rotatable bonds is 7.